The zero-order valence-corrected chi connectivity index (χ0v) is 15.4. The molecule has 2 aromatic carbocycles. The summed E-state index contributed by atoms with van der Waals surface area (Å²) in [7, 11) is 1.38. The molecule has 0 aliphatic rings. The Morgan fingerprint density at radius 1 is 1.07 bits per heavy atom. The molecule has 2 rings (SSSR count). The van der Waals surface area contributed by atoms with Crippen molar-refractivity contribution in [1.82, 2.24) is 0 Å². The number of Topliss-reactive ketones (excluding diaryl/α,β-unsaturated/α-hetero) is 1. The molecule has 0 saturated heterocycles. The number of halogens is 3. The van der Waals surface area contributed by atoms with E-state index < -0.39 is 17.7 Å². The van der Waals surface area contributed by atoms with E-state index >= 15 is 0 Å². The number of rotatable bonds is 9. The van der Waals surface area contributed by atoms with Crippen molar-refractivity contribution in [2.75, 3.05) is 7.11 Å². The number of aliphatic imine (C=N–C) groups is 1. The Morgan fingerprint density at radius 2 is 1.76 bits per heavy atom. The molecule has 0 amide bonds. The standard InChI is InChI=1S/C20H18F3NO5/c1-28-18-10-14(16(25)7-9-19(26)27)4-8-17(18)29-12-24-11-13-2-5-15(6-3-13)20(21,22)23/h2-6,8,10,12H,7,9,11H2,1H3,(H,26,27). The maximum absolute atomic E-state index is 12.5. The Morgan fingerprint density at radius 3 is 2.34 bits per heavy atom. The van der Waals surface area contributed by atoms with Crippen molar-refractivity contribution in [2.24, 2.45) is 4.99 Å². The minimum absolute atomic E-state index is 0.117. The van der Waals surface area contributed by atoms with Gasteiger partial charge in [0.25, 0.3) is 0 Å². The van der Waals surface area contributed by atoms with Gasteiger partial charge in [0.15, 0.2) is 23.7 Å². The van der Waals surface area contributed by atoms with Crippen molar-refractivity contribution in [3.05, 3.63) is 59.2 Å². The predicted octanol–water partition coefficient (Wildman–Crippen LogP) is 4.37. The number of benzene rings is 2. The predicted molar refractivity (Wildman–Crippen MR) is 98.5 cm³/mol. The normalized spacial score (nSPS) is 11.4. The van der Waals surface area contributed by atoms with E-state index in [0.29, 0.717) is 5.56 Å². The van der Waals surface area contributed by atoms with Crippen LogP contribution in [0.25, 0.3) is 0 Å². The Kier molecular flexibility index (Phi) is 7.35. The molecular weight excluding hydrogens is 391 g/mol. The number of carboxylic acid groups (broad SMARTS) is 1. The fourth-order valence-corrected chi connectivity index (χ4v) is 2.34. The van der Waals surface area contributed by atoms with Crippen LogP contribution in [0.5, 0.6) is 11.5 Å². The lowest BCUT2D eigenvalue weighted by Crippen LogP contribution is -2.05. The lowest BCUT2D eigenvalue weighted by molar-refractivity contribution is -0.138. The first-order valence-electron chi connectivity index (χ1n) is 8.45. The van der Waals surface area contributed by atoms with Crippen molar-refractivity contribution in [3.8, 4) is 11.5 Å². The summed E-state index contributed by atoms with van der Waals surface area (Å²) in [5.74, 6) is -0.867. The highest BCUT2D eigenvalue weighted by atomic mass is 19.4. The fourth-order valence-electron chi connectivity index (χ4n) is 2.34. The van der Waals surface area contributed by atoms with Crippen molar-refractivity contribution >= 4 is 18.2 Å². The third-order valence-electron chi connectivity index (χ3n) is 3.86. The number of methoxy groups -OCH3 is 1. The average Bonchev–Trinajstić information content (AvgIpc) is 2.69. The second-order valence-corrected chi connectivity index (χ2v) is 5.94. The minimum Gasteiger partial charge on any atom is -0.493 e. The number of ketones is 1. The van der Waals surface area contributed by atoms with Crippen LogP contribution >= 0.6 is 0 Å². The van der Waals surface area contributed by atoms with Gasteiger partial charge in [-0.25, -0.2) is 0 Å². The molecule has 1 N–H and O–H groups in total. The van der Waals surface area contributed by atoms with Crippen molar-refractivity contribution < 1.29 is 37.3 Å². The molecule has 0 bridgehead atoms. The molecule has 2 aromatic rings. The highest BCUT2D eigenvalue weighted by Crippen LogP contribution is 2.30. The van der Waals surface area contributed by atoms with E-state index in [9.17, 15) is 22.8 Å². The van der Waals surface area contributed by atoms with Gasteiger partial charge in [-0.05, 0) is 35.9 Å². The van der Waals surface area contributed by atoms with E-state index in [1.54, 1.807) is 0 Å². The van der Waals surface area contributed by atoms with E-state index in [0.717, 1.165) is 18.5 Å². The van der Waals surface area contributed by atoms with Crippen LogP contribution in [0, 0.1) is 0 Å². The van der Waals surface area contributed by atoms with Crippen LogP contribution in [0.3, 0.4) is 0 Å². The maximum Gasteiger partial charge on any atom is 0.416 e. The molecule has 0 atom stereocenters. The van der Waals surface area contributed by atoms with Crippen LogP contribution in [0.1, 0.15) is 34.3 Å². The van der Waals surface area contributed by atoms with Gasteiger partial charge in [-0.3, -0.25) is 14.6 Å². The van der Waals surface area contributed by atoms with Gasteiger partial charge in [-0.1, -0.05) is 12.1 Å². The van der Waals surface area contributed by atoms with Gasteiger partial charge in [-0.2, -0.15) is 13.2 Å². The first kappa shape index (κ1) is 21.9. The van der Waals surface area contributed by atoms with Gasteiger partial charge in [0, 0.05) is 12.0 Å². The van der Waals surface area contributed by atoms with Crippen molar-refractivity contribution in [3.63, 3.8) is 0 Å². The van der Waals surface area contributed by atoms with Crippen molar-refractivity contribution in [2.45, 2.75) is 25.6 Å². The van der Waals surface area contributed by atoms with E-state index in [4.69, 9.17) is 14.6 Å². The summed E-state index contributed by atoms with van der Waals surface area (Å²) < 4.78 is 48.1. The van der Waals surface area contributed by atoms with Crippen LogP contribution in [0.4, 0.5) is 13.2 Å². The van der Waals surface area contributed by atoms with E-state index in [2.05, 4.69) is 4.99 Å². The van der Waals surface area contributed by atoms with Crippen LogP contribution in [0.15, 0.2) is 47.5 Å². The topological polar surface area (TPSA) is 85.2 Å². The van der Waals surface area contributed by atoms with Gasteiger partial charge < -0.3 is 14.6 Å². The quantitative estimate of drug-likeness (QED) is 0.378. The average molecular weight is 409 g/mol. The number of ether oxygens (including phenoxy) is 2. The van der Waals surface area contributed by atoms with Crippen LogP contribution < -0.4 is 9.47 Å². The minimum atomic E-state index is -4.39. The molecule has 0 radical (unpaired) electrons. The van der Waals surface area contributed by atoms with Gasteiger partial charge in [0.05, 0.1) is 25.6 Å². The summed E-state index contributed by atoms with van der Waals surface area (Å²) in [6.07, 6.45) is -3.66. The Labute approximate surface area is 164 Å². The van der Waals surface area contributed by atoms with Gasteiger partial charge in [0.1, 0.15) is 0 Å². The number of carbonyl (C=O) groups is 2. The van der Waals surface area contributed by atoms with E-state index in [-0.39, 0.29) is 42.2 Å². The second kappa shape index (κ2) is 9.72. The number of carbonyl (C=O) groups excluding carboxylic acids is 1. The Hall–Kier alpha value is -3.36. The third-order valence-corrected chi connectivity index (χ3v) is 3.86. The number of nitrogens with zero attached hydrogens (tertiary/aromatic N) is 1. The molecule has 0 saturated carbocycles. The Balaban J connectivity index is 1.97. The highest BCUT2D eigenvalue weighted by molar-refractivity contribution is 5.98. The molecule has 0 unspecified atom stereocenters. The molecule has 9 heteroatoms. The molecule has 0 aromatic heterocycles. The third kappa shape index (κ3) is 6.63. The first-order valence-corrected chi connectivity index (χ1v) is 8.45. The van der Waals surface area contributed by atoms with E-state index in [1.807, 2.05) is 0 Å². The summed E-state index contributed by atoms with van der Waals surface area (Å²) >= 11 is 0. The summed E-state index contributed by atoms with van der Waals surface area (Å²) in [5.41, 5.74) is 0.130. The monoisotopic (exact) mass is 409 g/mol. The van der Waals surface area contributed by atoms with Crippen LogP contribution in [-0.2, 0) is 17.5 Å². The molecule has 0 spiro atoms. The number of carboxylic acids is 1. The largest absolute Gasteiger partial charge is 0.493 e. The van der Waals surface area contributed by atoms with E-state index in [1.165, 1.54) is 37.4 Å². The molecule has 0 aliphatic carbocycles. The van der Waals surface area contributed by atoms with Crippen molar-refractivity contribution in [1.29, 1.82) is 0 Å². The Bertz CT molecular complexity index is 892. The number of alkyl halides is 3. The second-order valence-electron chi connectivity index (χ2n) is 5.94. The lowest BCUT2D eigenvalue weighted by atomic mass is 10.1. The lowest BCUT2D eigenvalue weighted by Gasteiger charge is -2.09. The zero-order valence-electron chi connectivity index (χ0n) is 15.4. The number of hydrogen-bond acceptors (Lipinski definition) is 5. The maximum atomic E-state index is 12.5. The van der Waals surface area contributed by atoms with Gasteiger partial charge in [-0.15, -0.1) is 0 Å². The molecule has 6 nitrogen and oxygen atoms in total. The molecule has 29 heavy (non-hydrogen) atoms. The summed E-state index contributed by atoms with van der Waals surface area (Å²) in [4.78, 5) is 26.5. The smallest absolute Gasteiger partial charge is 0.416 e. The number of aliphatic carboxylic acids is 1. The SMILES string of the molecule is COc1cc(C(=O)CCC(=O)O)ccc1OC=NCc1ccc(C(F)(F)F)cc1. The fraction of sp³-hybridized carbons (Fsp3) is 0.250. The van der Waals surface area contributed by atoms with Gasteiger partial charge >= 0.3 is 12.1 Å². The van der Waals surface area contributed by atoms with Crippen LogP contribution in [0.2, 0.25) is 0 Å². The molecule has 0 heterocycles. The molecule has 0 fully saturated rings. The highest BCUT2D eigenvalue weighted by Gasteiger charge is 2.29. The summed E-state index contributed by atoms with van der Waals surface area (Å²) in [5, 5.41) is 8.64. The van der Waals surface area contributed by atoms with Crippen LogP contribution in [-0.4, -0.2) is 30.4 Å². The van der Waals surface area contributed by atoms with Gasteiger partial charge in [0.2, 0.25) is 0 Å². The molecular formula is C20H18F3NO5. The zero-order chi connectivity index (χ0) is 21.4. The summed E-state index contributed by atoms with van der Waals surface area (Å²) in [6, 6.07) is 9.02. The summed E-state index contributed by atoms with van der Waals surface area (Å²) in [6.45, 7) is 0.117. The number of hydrogen-bond donors (Lipinski definition) is 1. The first-order chi connectivity index (χ1) is 13.7. The molecule has 154 valence electrons. The molecule has 0 aliphatic heterocycles.